The van der Waals surface area contributed by atoms with Crippen molar-refractivity contribution >= 4 is 11.6 Å². The topological polar surface area (TPSA) is 45.2 Å². The van der Waals surface area contributed by atoms with Gasteiger partial charge in [-0.15, -0.1) is 0 Å². The smallest absolute Gasteiger partial charge is 0.227 e. The van der Waals surface area contributed by atoms with Gasteiger partial charge in [-0.3, -0.25) is 9.78 Å². The average Bonchev–Trinajstić information content (AvgIpc) is 2.82. The van der Waals surface area contributed by atoms with E-state index in [1.54, 1.807) is 17.3 Å². The van der Waals surface area contributed by atoms with E-state index in [1.165, 1.54) is 0 Å². The maximum atomic E-state index is 12.0. The Labute approximate surface area is 95.7 Å². The van der Waals surface area contributed by atoms with Crippen LogP contribution < -0.4 is 10.2 Å². The van der Waals surface area contributed by atoms with Crippen molar-refractivity contribution in [1.29, 1.82) is 0 Å². The van der Waals surface area contributed by atoms with Crippen molar-refractivity contribution in [3.8, 4) is 0 Å². The second kappa shape index (κ2) is 5.07. The molecule has 0 radical (unpaired) electrons. The van der Waals surface area contributed by atoms with Gasteiger partial charge in [-0.2, -0.15) is 0 Å². The zero-order valence-corrected chi connectivity index (χ0v) is 9.52. The molecular formula is C12H17N3O. The van der Waals surface area contributed by atoms with Crippen molar-refractivity contribution in [3.63, 3.8) is 0 Å². The minimum absolute atomic E-state index is 0.180. The van der Waals surface area contributed by atoms with Gasteiger partial charge in [0.2, 0.25) is 5.91 Å². The lowest BCUT2D eigenvalue weighted by Crippen LogP contribution is -2.28. The molecule has 0 aromatic carbocycles. The van der Waals surface area contributed by atoms with Gasteiger partial charge in [0.05, 0.1) is 0 Å². The Hall–Kier alpha value is -1.42. The predicted molar refractivity (Wildman–Crippen MR) is 63.2 cm³/mol. The molecule has 1 saturated heterocycles. The molecule has 1 unspecified atom stereocenters. The molecule has 1 fully saturated rings. The molecule has 1 aromatic heterocycles. The first-order valence-electron chi connectivity index (χ1n) is 5.64. The fourth-order valence-corrected chi connectivity index (χ4v) is 1.98. The molecule has 4 heteroatoms. The van der Waals surface area contributed by atoms with Gasteiger partial charge < -0.3 is 10.2 Å². The van der Waals surface area contributed by atoms with Crippen LogP contribution in [0.4, 0.5) is 5.69 Å². The van der Waals surface area contributed by atoms with Crippen LogP contribution in [0.2, 0.25) is 0 Å². The molecular weight excluding hydrogens is 202 g/mol. The molecule has 1 atom stereocenters. The van der Waals surface area contributed by atoms with E-state index in [-0.39, 0.29) is 5.91 Å². The van der Waals surface area contributed by atoms with Gasteiger partial charge in [-0.25, -0.2) is 0 Å². The van der Waals surface area contributed by atoms with E-state index < -0.39 is 0 Å². The summed E-state index contributed by atoms with van der Waals surface area (Å²) in [6.45, 7) is 2.01. The highest BCUT2D eigenvalue weighted by atomic mass is 16.2. The molecule has 86 valence electrons. The summed E-state index contributed by atoms with van der Waals surface area (Å²) in [5.41, 5.74) is 0.908. The Morgan fingerprint density at radius 2 is 2.31 bits per heavy atom. The van der Waals surface area contributed by atoms with Gasteiger partial charge in [0.25, 0.3) is 0 Å². The lowest BCUT2D eigenvalue weighted by atomic mass is 10.0. The fourth-order valence-electron chi connectivity index (χ4n) is 1.98. The lowest BCUT2D eigenvalue weighted by Gasteiger charge is -2.18. The second-order valence-corrected chi connectivity index (χ2v) is 4.22. The third kappa shape index (κ3) is 2.58. The van der Waals surface area contributed by atoms with Crippen molar-refractivity contribution in [2.75, 3.05) is 25.0 Å². The van der Waals surface area contributed by atoms with Crippen LogP contribution in [0.5, 0.6) is 0 Å². The second-order valence-electron chi connectivity index (χ2n) is 4.22. The summed E-state index contributed by atoms with van der Waals surface area (Å²) in [5.74, 6) is 0.677. The number of pyridine rings is 1. The first-order valence-corrected chi connectivity index (χ1v) is 5.64. The van der Waals surface area contributed by atoms with Crippen molar-refractivity contribution < 1.29 is 4.79 Å². The third-order valence-electron chi connectivity index (χ3n) is 3.05. The van der Waals surface area contributed by atoms with Crippen molar-refractivity contribution in [2.24, 2.45) is 5.92 Å². The van der Waals surface area contributed by atoms with Gasteiger partial charge in [-0.05, 0) is 37.6 Å². The van der Waals surface area contributed by atoms with E-state index in [4.69, 9.17) is 0 Å². The largest absolute Gasteiger partial charge is 0.316 e. The normalized spacial score (nSPS) is 19.7. The van der Waals surface area contributed by atoms with Crippen LogP contribution in [-0.4, -0.2) is 31.0 Å². The van der Waals surface area contributed by atoms with Gasteiger partial charge in [-0.1, -0.05) is 0 Å². The molecule has 0 spiro atoms. The molecule has 0 bridgehead atoms. The molecule has 0 aliphatic carbocycles. The summed E-state index contributed by atoms with van der Waals surface area (Å²) in [4.78, 5) is 17.6. The van der Waals surface area contributed by atoms with Gasteiger partial charge in [0, 0.05) is 31.5 Å². The summed E-state index contributed by atoms with van der Waals surface area (Å²) in [7, 11) is 1.82. The maximum absolute atomic E-state index is 12.0. The van der Waals surface area contributed by atoms with E-state index in [0.29, 0.717) is 12.3 Å². The number of carbonyl (C=O) groups excluding carboxylic acids is 1. The molecule has 16 heavy (non-hydrogen) atoms. The van der Waals surface area contributed by atoms with Crippen LogP contribution in [0.15, 0.2) is 24.5 Å². The minimum Gasteiger partial charge on any atom is -0.316 e. The summed E-state index contributed by atoms with van der Waals surface area (Å²) in [6.07, 6.45) is 5.15. The van der Waals surface area contributed by atoms with E-state index in [9.17, 15) is 4.79 Å². The number of anilines is 1. The molecule has 0 saturated carbocycles. The quantitative estimate of drug-likeness (QED) is 0.826. The lowest BCUT2D eigenvalue weighted by molar-refractivity contribution is -0.119. The predicted octanol–water partition coefficient (Wildman–Crippen LogP) is 1.04. The number of aromatic nitrogens is 1. The molecule has 1 amide bonds. The van der Waals surface area contributed by atoms with Crippen molar-refractivity contribution in [1.82, 2.24) is 10.3 Å². The number of nitrogens with one attached hydrogen (secondary N) is 1. The average molecular weight is 219 g/mol. The van der Waals surface area contributed by atoms with E-state index >= 15 is 0 Å². The van der Waals surface area contributed by atoms with Crippen LogP contribution >= 0.6 is 0 Å². The Morgan fingerprint density at radius 1 is 1.56 bits per heavy atom. The summed E-state index contributed by atoms with van der Waals surface area (Å²) < 4.78 is 0. The highest BCUT2D eigenvalue weighted by Gasteiger charge is 2.20. The van der Waals surface area contributed by atoms with Gasteiger partial charge in [0.1, 0.15) is 0 Å². The van der Waals surface area contributed by atoms with Crippen molar-refractivity contribution in [2.45, 2.75) is 12.8 Å². The van der Waals surface area contributed by atoms with E-state index in [1.807, 2.05) is 19.2 Å². The molecule has 1 N–H and O–H groups in total. The SMILES string of the molecule is CN(C(=O)CC1CCNC1)c1ccncc1. The molecule has 2 rings (SSSR count). The number of nitrogens with zero attached hydrogens (tertiary/aromatic N) is 2. The zero-order chi connectivity index (χ0) is 11.4. The summed E-state index contributed by atoms with van der Waals surface area (Å²) >= 11 is 0. The maximum Gasteiger partial charge on any atom is 0.227 e. The van der Waals surface area contributed by atoms with Crippen LogP contribution in [0.1, 0.15) is 12.8 Å². The minimum atomic E-state index is 0.180. The number of rotatable bonds is 3. The summed E-state index contributed by atoms with van der Waals surface area (Å²) in [6, 6.07) is 3.70. The standard InChI is InChI=1S/C12H17N3O/c1-15(11-3-6-13-7-4-11)12(16)8-10-2-5-14-9-10/h3-4,6-7,10,14H,2,5,8-9H2,1H3. The monoisotopic (exact) mass is 219 g/mol. The Kier molecular flexibility index (Phi) is 3.51. The van der Waals surface area contributed by atoms with Crippen molar-refractivity contribution in [3.05, 3.63) is 24.5 Å². The van der Waals surface area contributed by atoms with Crippen LogP contribution in [-0.2, 0) is 4.79 Å². The number of carbonyl (C=O) groups is 1. The molecule has 4 nitrogen and oxygen atoms in total. The Morgan fingerprint density at radius 3 is 2.94 bits per heavy atom. The highest BCUT2D eigenvalue weighted by Crippen LogP contribution is 2.17. The molecule has 1 aliphatic rings. The van der Waals surface area contributed by atoms with Crippen LogP contribution in [0.3, 0.4) is 0 Å². The summed E-state index contributed by atoms with van der Waals surface area (Å²) in [5, 5.41) is 3.28. The fraction of sp³-hybridized carbons (Fsp3) is 0.500. The van der Waals surface area contributed by atoms with Gasteiger partial charge in [0.15, 0.2) is 0 Å². The third-order valence-corrected chi connectivity index (χ3v) is 3.05. The Bertz CT molecular complexity index is 347. The first-order chi connectivity index (χ1) is 7.77. The molecule has 2 heterocycles. The zero-order valence-electron chi connectivity index (χ0n) is 9.52. The van der Waals surface area contributed by atoms with Crippen LogP contribution in [0, 0.1) is 5.92 Å². The Balaban J connectivity index is 1.94. The number of amides is 1. The van der Waals surface area contributed by atoms with Crippen LogP contribution in [0.25, 0.3) is 0 Å². The van der Waals surface area contributed by atoms with Gasteiger partial charge >= 0.3 is 0 Å². The highest BCUT2D eigenvalue weighted by molar-refractivity contribution is 5.92. The van der Waals surface area contributed by atoms with E-state index in [0.717, 1.165) is 25.2 Å². The number of hydrogen-bond donors (Lipinski definition) is 1. The number of hydrogen-bond acceptors (Lipinski definition) is 3. The van der Waals surface area contributed by atoms with E-state index in [2.05, 4.69) is 10.3 Å². The molecule has 1 aliphatic heterocycles. The molecule has 1 aromatic rings. The first kappa shape index (κ1) is 11.1.